The number of para-hydroxylation sites is 1. The molecule has 1 fully saturated rings. The highest BCUT2D eigenvalue weighted by atomic mass is 16.3. The lowest BCUT2D eigenvalue weighted by Gasteiger charge is -2.16. The quantitative estimate of drug-likeness (QED) is 0.761. The Morgan fingerprint density at radius 1 is 1.26 bits per heavy atom. The predicted molar refractivity (Wildman–Crippen MR) is 75.8 cm³/mol. The van der Waals surface area contributed by atoms with Crippen molar-refractivity contribution in [2.45, 2.75) is 19.3 Å². The minimum absolute atomic E-state index is 0.244. The standard InChI is InChI=1S/C14H18N4O/c15-13-17-11-4-2-1-3-10(11)12(18-13)16-9-14(5-6-14)7-8-19/h1-4,19H,5-9H2,(H3,15,16,17,18). The molecule has 19 heavy (non-hydrogen) atoms. The van der Waals surface area contributed by atoms with E-state index in [0.717, 1.165) is 29.7 Å². The average molecular weight is 258 g/mol. The Balaban J connectivity index is 1.84. The van der Waals surface area contributed by atoms with Crippen LogP contribution in [0.5, 0.6) is 0 Å². The molecule has 4 N–H and O–H groups in total. The van der Waals surface area contributed by atoms with Crippen LogP contribution in [-0.4, -0.2) is 28.2 Å². The van der Waals surface area contributed by atoms with Gasteiger partial charge in [-0.1, -0.05) is 12.1 Å². The van der Waals surface area contributed by atoms with Crippen LogP contribution < -0.4 is 11.1 Å². The average Bonchev–Trinajstić information content (AvgIpc) is 3.16. The van der Waals surface area contributed by atoms with Crippen LogP contribution >= 0.6 is 0 Å². The maximum absolute atomic E-state index is 9.08. The first kappa shape index (κ1) is 12.2. The Morgan fingerprint density at radius 3 is 2.79 bits per heavy atom. The largest absolute Gasteiger partial charge is 0.396 e. The van der Waals surface area contributed by atoms with Gasteiger partial charge in [0.05, 0.1) is 5.52 Å². The number of aliphatic hydroxyl groups excluding tert-OH is 1. The minimum Gasteiger partial charge on any atom is -0.396 e. The highest BCUT2D eigenvalue weighted by molar-refractivity contribution is 5.89. The molecule has 5 nitrogen and oxygen atoms in total. The van der Waals surface area contributed by atoms with E-state index in [9.17, 15) is 0 Å². The number of fused-ring (bicyclic) bond motifs is 1. The summed E-state index contributed by atoms with van der Waals surface area (Å²) >= 11 is 0. The molecule has 1 heterocycles. The normalized spacial score (nSPS) is 16.5. The van der Waals surface area contributed by atoms with E-state index in [1.165, 1.54) is 12.8 Å². The molecule has 0 atom stereocenters. The van der Waals surface area contributed by atoms with Crippen LogP contribution in [0.3, 0.4) is 0 Å². The van der Waals surface area contributed by atoms with Crippen LogP contribution in [0.2, 0.25) is 0 Å². The Hall–Kier alpha value is -1.88. The summed E-state index contributed by atoms with van der Waals surface area (Å²) in [6, 6.07) is 7.82. The second kappa shape index (κ2) is 4.66. The zero-order valence-corrected chi connectivity index (χ0v) is 10.8. The number of aromatic nitrogens is 2. The summed E-state index contributed by atoms with van der Waals surface area (Å²) in [5.41, 5.74) is 6.83. The van der Waals surface area contributed by atoms with Gasteiger partial charge in [-0.05, 0) is 36.8 Å². The zero-order valence-electron chi connectivity index (χ0n) is 10.8. The second-order valence-corrected chi connectivity index (χ2v) is 5.27. The van der Waals surface area contributed by atoms with E-state index in [0.29, 0.717) is 0 Å². The molecule has 0 radical (unpaired) electrons. The number of benzene rings is 1. The molecule has 0 aliphatic heterocycles. The first-order valence-electron chi connectivity index (χ1n) is 6.59. The molecule has 5 heteroatoms. The van der Waals surface area contributed by atoms with Crippen molar-refractivity contribution in [3.63, 3.8) is 0 Å². The van der Waals surface area contributed by atoms with Crippen molar-refractivity contribution in [2.24, 2.45) is 5.41 Å². The van der Waals surface area contributed by atoms with E-state index in [-0.39, 0.29) is 18.0 Å². The van der Waals surface area contributed by atoms with Gasteiger partial charge in [-0.25, -0.2) is 4.98 Å². The maximum atomic E-state index is 9.08. The summed E-state index contributed by atoms with van der Waals surface area (Å²) in [5.74, 6) is 1.07. The number of nitrogens with one attached hydrogen (secondary N) is 1. The molecule has 100 valence electrons. The summed E-state index contributed by atoms with van der Waals surface area (Å²) in [7, 11) is 0. The fourth-order valence-corrected chi connectivity index (χ4v) is 2.43. The second-order valence-electron chi connectivity index (χ2n) is 5.27. The van der Waals surface area contributed by atoms with E-state index in [1.54, 1.807) is 0 Å². The Kier molecular flexibility index (Phi) is 2.98. The van der Waals surface area contributed by atoms with Crippen molar-refractivity contribution >= 4 is 22.7 Å². The number of nitrogens with zero attached hydrogens (tertiary/aromatic N) is 2. The van der Waals surface area contributed by atoms with Gasteiger partial charge in [-0.3, -0.25) is 0 Å². The number of anilines is 2. The van der Waals surface area contributed by atoms with E-state index in [4.69, 9.17) is 10.8 Å². The van der Waals surface area contributed by atoms with E-state index < -0.39 is 0 Å². The fourth-order valence-electron chi connectivity index (χ4n) is 2.43. The van der Waals surface area contributed by atoms with Gasteiger partial charge in [-0.2, -0.15) is 4.98 Å². The fraction of sp³-hybridized carbons (Fsp3) is 0.429. The number of hydrogen-bond donors (Lipinski definition) is 3. The lowest BCUT2D eigenvalue weighted by atomic mass is 10.0. The zero-order chi connectivity index (χ0) is 13.3. The van der Waals surface area contributed by atoms with Crippen LogP contribution in [0.4, 0.5) is 11.8 Å². The van der Waals surface area contributed by atoms with Gasteiger partial charge in [0.25, 0.3) is 0 Å². The van der Waals surface area contributed by atoms with Crippen LogP contribution in [0.1, 0.15) is 19.3 Å². The Bertz CT molecular complexity index is 595. The molecular weight excluding hydrogens is 240 g/mol. The molecule has 1 aromatic carbocycles. The van der Waals surface area contributed by atoms with Crippen LogP contribution in [-0.2, 0) is 0 Å². The SMILES string of the molecule is Nc1nc(NCC2(CCO)CC2)c2ccccc2n1. The van der Waals surface area contributed by atoms with E-state index >= 15 is 0 Å². The molecule has 0 spiro atoms. The van der Waals surface area contributed by atoms with E-state index in [2.05, 4.69) is 15.3 Å². The summed E-state index contributed by atoms with van der Waals surface area (Å²) in [5, 5.41) is 13.4. The van der Waals surface area contributed by atoms with Crippen molar-refractivity contribution in [1.82, 2.24) is 9.97 Å². The summed E-state index contributed by atoms with van der Waals surface area (Å²) < 4.78 is 0. The highest BCUT2D eigenvalue weighted by Gasteiger charge is 2.41. The summed E-state index contributed by atoms with van der Waals surface area (Å²) in [6.45, 7) is 1.07. The van der Waals surface area contributed by atoms with Gasteiger partial charge in [-0.15, -0.1) is 0 Å². The topological polar surface area (TPSA) is 84.1 Å². The van der Waals surface area contributed by atoms with Crippen molar-refractivity contribution in [1.29, 1.82) is 0 Å². The van der Waals surface area contributed by atoms with Crippen LogP contribution in [0.15, 0.2) is 24.3 Å². The van der Waals surface area contributed by atoms with Gasteiger partial charge < -0.3 is 16.2 Å². The Morgan fingerprint density at radius 2 is 2.05 bits per heavy atom. The molecule has 0 saturated heterocycles. The molecule has 0 bridgehead atoms. The van der Waals surface area contributed by atoms with E-state index in [1.807, 2.05) is 24.3 Å². The predicted octanol–water partition coefficient (Wildman–Crippen LogP) is 1.79. The molecule has 1 aliphatic rings. The molecule has 2 aromatic rings. The number of nitrogen functional groups attached to an aromatic ring is 1. The summed E-state index contributed by atoms with van der Waals surface area (Å²) in [4.78, 5) is 8.50. The number of hydrogen-bond acceptors (Lipinski definition) is 5. The van der Waals surface area contributed by atoms with Crippen molar-refractivity contribution in [3.05, 3.63) is 24.3 Å². The molecule has 1 aliphatic carbocycles. The number of nitrogens with two attached hydrogens (primary N) is 1. The number of aliphatic hydroxyl groups is 1. The number of rotatable bonds is 5. The molecule has 0 unspecified atom stereocenters. The lowest BCUT2D eigenvalue weighted by molar-refractivity contribution is 0.253. The molecule has 1 saturated carbocycles. The van der Waals surface area contributed by atoms with Crippen LogP contribution in [0, 0.1) is 5.41 Å². The molecule has 0 amide bonds. The van der Waals surface area contributed by atoms with Gasteiger partial charge >= 0.3 is 0 Å². The highest BCUT2D eigenvalue weighted by Crippen LogP contribution is 2.48. The van der Waals surface area contributed by atoms with Crippen molar-refractivity contribution in [2.75, 3.05) is 24.2 Å². The van der Waals surface area contributed by atoms with Crippen molar-refractivity contribution in [3.8, 4) is 0 Å². The third-order valence-electron chi connectivity index (χ3n) is 3.85. The van der Waals surface area contributed by atoms with Crippen molar-refractivity contribution < 1.29 is 5.11 Å². The van der Waals surface area contributed by atoms with Gasteiger partial charge in [0.2, 0.25) is 5.95 Å². The lowest BCUT2D eigenvalue weighted by Crippen LogP contribution is -2.18. The Labute approximate surface area is 111 Å². The molecule has 1 aromatic heterocycles. The summed E-state index contributed by atoms with van der Waals surface area (Å²) in [6.07, 6.45) is 3.18. The van der Waals surface area contributed by atoms with Crippen LogP contribution in [0.25, 0.3) is 10.9 Å². The monoisotopic (exact) mass is 258 g/mol. The smallest absolute Gasteiger partial charge is 0.222 e. The maximum Gasteiger partial charge on any atom is 0.222 e. The third-order valence-corrected chi connectivity index (χ3v) is 3.85. The first-order chi connectivity index (χ1) is 9.22. The molecular formula is C14H18N4O. The third kappa shape index (κ3) is 2.46. The van der Waals surface area contributed by atoms with Gasteiger partial charge in [0, 0.05) is 18.5 Å². The molecule has 3 rings (SSSR count). The first-order valence-corrected chi connectivity index (χ1v) is 6.59. The van der Waals surface area contributed by atoms with Gasteiger partial charge in [0.1, 0.15) is 5.82 Å². The minimum atomic E-state index is 0.244. The van der Waals surface area contributed by atoms with Gasteiger partial charge in [0.15, 0.2) is 0 Å².